The third-order valence-electron chi connectivity index (χ3n) is 1.53. The first-order valence-electron chi connectivity index (χ1n) is 3.37. The summed E-state index contributed by atoms with van der Waals surface area (Å²) in [5, 5.41) is 0. The fourth-order valence-electron chi connectivity index (χ4n) is 1.01. The number of hydrogen-bond acceptors (Lipinski definition) is 4. The highest BCUT2D eigenvalue weighted by Gasteiger charge is 2.12. The van der Waals surface area contributed by atoms with Gasteiger partial charge in [0.2, 0.25) is 12.9 Å². The van der Waals surface area contributed by atoms with Crippen molar-refractivity contribution in [2.45, 2.75) is 0 Å². The molecule has 0 unspecified atom stereocenters. The zero-order valence-corrected chi connectivity index (χ0v) is 6.11. The molecule has 0 radical (unpaired) electrons. The smallest absolute Gasteiger partial charge is 0.240 e. The highest BCUT2D eigenvalue weighted by atomic mass is 16.7. The van der Waals surface area contributed by atoms with E-state index in [4.69, 9.17) is 9.47 Å². The molecule has 60 valence electrons. The van der Waals surface area contributed by atoms with E-state index in [9.17, 15) is 4.79 Å². The van der Waals surface area contributed by atoms with Crippen LogP contribution in [-0.4, -0.2) is 12.9 Å². The van der Waals surface area contributed by atoms with Gasteiger partial charge in [0.1, 0.15) is 0 Å². The van der Waals surface area contributed by atoms with Gasteiger partial charge in [0.05, 0.1) is 5.69 Å². The van der Waals surface area contributed by atoms with E-state index in [0.717, 1.165) is 0 Å². The van der Waals surface area contributed by atoms with E-state index in [1.165, 1.54) is 6.08 Å². The van der Waals surface area contributed by atoms with Crippen molar-refractivity contribution in [3.8, 4) is 11.5 Å². The van der Waals surface area contributed by atoms with Gasteiger partial charge in [0.25, 0.3) is 0 Å². The third kappa shape index (κ3) is 1.04. The van der Waals surface area contributed by atoms with Gasteiger partial charge < -0.3 is 9.47 Å². The van der Waals surface area contributed by atoms with Crippen molar-refractivity contribution in [2.24, 2.45) is 4.99 Å². The summed E-state index contributed by atoms with van der Waals surface area (Å²) in [4.78, 5) is 13.4. The van der Waals surface area contributed by atoms with Crippen molar-refractivity contribution in [3.63, 3.8) is 0 Å². The van der Waals surface area contributed by atoms with Gasteiger partial charge in [0, 0.05) is 6.07 Å². The Morgan fingerprint density at radius 1 is 1.33 bits per heavy atom. The highest BCUT2D eigenvalue weighted by molar-refractivity contribution is 5.56. The fraction of sp³-hybridized carbons (Fsp3) is 0.125. The van der Waals surface area contributed by atoms with Gasteiger partial charge in [-0.2, -0.15) is 4.99 Å². The van der Waals surface area contributed by atoms with Crippen LogP contribution in [-0.2, 0) is 4.79 Å². The molecule has 1 aliphatic heterocycles. The lowest BCUT2D eigenvalue weighted by molar-refractivity contribution is 0.174. The van der Waals surface area contributed by atoms with Crippen molar-refractivity contribution >= 4 is 11.8 Å². The number of rotatable bonds is 1. The molecule has 2 rings (SSSR count). The molecule has 0 amide bonds. The van der Waals surface area contributed by atoms with Crippen LogP contribution < -0.4 is 9.47 Å². The number of isocyanates is 1. The molecule has 0 spiro atoms. The summed E-state index contributed by atoms with van der Waals surface area (Å²) in [5.74, 6) is 1.30. The zero-order valence-electron chi connectivity index (χ0n) is 6.11. The Balaban J connectivity index is 2.45. The predicted molar refractivity (Wildman–Crippen MR) is 40.3 cm³/mol. The van der Waals surface area contributed by atoms with E-state index in [1.54, 1.807) is 18.2 Å². The van der Waals surface area contributed by atoms with Crippen LogP contribution >= 0.6 is 0 Å². The number of nitrogens with zero attached hydrogens (tertiary/aromatic N) is 1. The molecule has 1 aliphatic rings. The Hall–Kier alpha value is -1.80. The first kappa shape index (κ1) is 6.88. The van der Waals surface area contributed by atoms with Crippen LogP contribution in [0.15, 0.2) is 23.2 Å². The topological polar surface area (TPSA) is 47.9 Å². The average Bonchev–Trinajstić information content (AvgIpc) is 2.51. The number of benzene rings is 1. The monoisotopic (exact) mass is 163 g/mol. The van der Waals surface area contributed by atoms with Crippen molar-refractivity contribution in [1.82, 2.24) is 0 Å². The molecule has 1 heterocycles. The summed E-state index contributed by atoms with van der Waals surface area (Å²) in [6.45, 7) is 0.226. The van der Waals surface area contributed by atoms with Gasteiger partial charge >= 0.3 is 0 Å². The van der Waals surface area contributed by atoms with E-state index in [2.05, 4.69) is 4.99 Å². The van der Waals surface area contributed by atoms with Crippen LogP contribution in [0.2, 0.25) is 0 Å². The molecule has 0 fully saturated rings. The second-order valence-corrected chi connectivity index (χ2v) is 2.24. The van der Waals surface area contributed by atoms with Crippen molar-refractivity contribution in [1.29, 1.82) is 0 Å². The minimum Gasteiger partial charge on any atom is -0.454 e. The normalized spacial score (nSPS) is 12.3. The Bertz CT molecular complexity index is 355. The van der Waals surface area contributed by atoms with E-state index >= 15 is 0 Å². The Morgan fingerprint density at radius 3 is 3.00 bits per heavy atom. The number of fused-ring (bicyclic) bond motifs is 1. The van der Waals surface area contributed by atoms with Crippen LogP contribution in [0.1, 0.15) is 0 Å². The maximum absolute atomic E-state index is 9.91. The first-order chi connectivity index (χ1) is 5.90. The molecular weight excluding hydrogens is 158 g/mol. The first-order valence-corrected chi connectivity index (χ1v) is 3.37. The van der Waals surface area contributed by atoms with E-state index in [-0.39, 0.29) is 6.79 Å². The van der Waals surface area contributed by atoms with Gasteiger partial charge in [-0.05, 0) is 12.1 Å². The SMILES string of the molecule is O=C=Nc1ccc2c(c1)OCO2. The Morgan fingerprint density at radius 2 is 2.17 bits per heavy atom. The molecule has 0 saturated carbocycles. The van der Waals surface area contributed by atoms with Crippen LogP contribution in [0.4, 0.5) is 5.69 Å². The van der Waals surface area contributed by atoms with Gasteiger partial charge in [0.15, 0.2) is 11.5 Å². The van der Waals surface area contributed by atoms with Crippen LogP contribution in [0.3, 0.4) is 0 Å². The minimum absolute atomic E-state index is 0.226. The van der Waals surface area contributed by atoms with Crippen molar-refractivity contribution in [3.05, 3.63) is 18.2 Å². The minimum atomic E-state index is 0.226. The van der Waals surface area contributed by atoms with Crippen LogP contribution in [0.25, 0.3) is 0 Å². The summed E-state index contributed by atoms with van der Waals surface area (Å²) in [6, 6.07) is 5.00. The van der Waals surface area contributed by atoms with Gasteiger partial charge in [-0.15, -0.1) is 0 Å². The summed E-state index contributed by atoms with van der Waals surface area (Å²) in [6.07, 6.45) is 1.45. The molecule has 12 heavy (non-hydrogen) atoms. The molecule has 0 saturated heterocycles. The lowest BCUT2D eigenvalue weighted by atomic mass is 10.3. The largest absolute Gasteiger partial charge is 0.454 e. The number of carbonyl (C=O) groups excluding carboxylic acids is 1. The molecule has 1 aromatic carbocycles. The highest BCUT2D eigenvalue weighted by Crippen LogP contribution is 2.34. The molecule has 1 aromatic rings. The molecule has 0 aromatic heterocycles. The fourth-order valence-corrected chi connectivity index (χ4v) is 1.01. The standard InChI is InChI=1S/C8H5NO3/c10-4-9-6-1-2-7-8(3-6)12-5-11-7/h1-3H,5H2. The summed E-state index contributed by atoms with van der Waals surface area (Å²) in [5.41, 5.74) is 0.522. The van der Waals surface area contributed by atoms with Gasteiger partial charge in [-0.1, -0.05) is 0 Å². The summed E-state index contributed by atoms with van der Waals surface area (Å²) in [7, 11) is 0. The van der Waals surface area contributed by atoms with E-state index in [1.807, 2.05) is 0 Å². The van der Waals surface area contributed by atoms with Gasteiger partial charge in [-0.25, -0.2) is 4.79 Å². The second kappa shape index (κ2) is 2.68. The maximum atomic E-state index is 9.91. The maximum Gasteiger partial charge on any atom is 0.240 e. The lowest BCUT2D eigenvalue weighted by Gasteiger charge is -1.94. The van der Waals surface area contributed by atoms with E-state index < -0.39 is 0 Å². The Kier molecular flexibility index (Phi) is 1.54. The average molecular weight is 163 g/mol. The van der Waals surface area contributed by atoms with Crippen LogP contribution in [0.5, 0.6) is 11.5 Å². The number of ether oxygens (including phenoxy) is 2. The van der Waals surface area contributed by atoms with Gasteiger partial charge in [-0.3, -0.25) is 0 Å². The predicted octanol–water partition coefficient (Wildman–Crippen LogP) is 1.38. The number of hydrogen-bond donors (Lipinski definition) is 0. The second-order valence-electron chi connectivity index (χ2n) is 2.24. The molecular formula is C8H5NO3. The van der Waals surface area contributed by atoms with Crippen LogP contribution in [0, 0.1) is 0 Å². The van der Waals surface area contributed by atoms with Crippen molar-refractivity contribution in [2.75, 3.05) is 6.79 Å². The molecule has 4 heteroatoms. The number of aliphatic imine (C=N–C) groups is 1. The molecule has 4 nitrogen and oxygen atoms in total. The molecule has 0 aliphatic carbocycles. The van der Waals surface area contributed by atoms with E-state index in [0.29, 0.717) is 17.2 Å². The molecule has 0 bridgehead atoms. The zero-order chi connectivity index (χ0) is 8.39. The Labute approximate surface area is 68.4 Å². The molecule has 0 atom stereocenters. The van der Waals surface area contributed by atoms with Crippen molar-refractivity contribution < 1.29 is 14.3 Å². The summed E-state index contributed by atoms with van der Waals surface area (Å²) >= 11 is 0. The quantitative estimate of drug-likeness (QED) is 0.464. The lowest BCUT2D eigenvalue weighted by Crippen LogP contribution is -1.92. The molecule has 0 N–H and O–H groups in total. The third-order valence-corrected chi connectivity index (χ3v) is 1.53. The summed E-state index contributed by atoms with van der Waals surface area (Å²) < 4.78 is 10.1.